The van der Waals surface area contributed by atoms with Gasteiger partial charge in [-0.2, -0.15) is 8.42 Å². The average Bonchev–Trinajstić information content (AvgIpc) is 2.24. The Labute approximate surface area is 118 Å². The van der Waals surface area contributed by atoms with Gasteiger partial charge in [0.25, 0.3) is 0 Å². The van der Waals surface area contributed by atoms with Crippen LogP contribution in [0.2, 0.25) is 0 Å². The van der Waals surface area contributed by atoms with E-state index in [-0.39, 0.29) is 12.1 Å². The highest BCUT2D eigenvalue weighted by Gasteiger charge is 2.34. The Morgan fingerprint density at radius 3 is 2.00 bits per heavy atom. The van der Waals surface area contributed by atoms with E-state index in [1.54, 1.807) is 32.9 Å². The molecule has 6 nitrogen and oxygen atoms in total. The molecule has 20 heavy (non-hydrogen) atoms. The number of nitrogens with zero attached hydrogens (tertiary/aromatic N) is 1. The summed E-state index contributed by atoms with van der Waals surface area (Å²) in [5.74, 6) is -1.30. The molecular weight excluding hydrogens is 282 g/mol. The zero-order chi connectivity index (χ0) is 15.7. The van der Waals surface area contributed by atoms with E-state index in [0.29, 0.717) is 15.4 Å². The van der Waals surface area contributed by atoms with Crippen molar-refractivity contribution in [3.63, 3.8) is 0 Å². The van der Waals surface area contributed by atoms with Crippen molar-refractivity contribution in [1.82, 2.24) is 0 Å². The summed E-state index contributed by atoms with van der Waals surface area (Å²) in [4.78, 5) is 11.3. The monoisotopic (exact) mass is 301 g/mol. The van der Waals surface area contributed by atoms with Crippen LogP contribution in [-0.4, -0.2) is 30.1 Å². The van der Waals surface area contributed by atoms with Gasteiger partial charge in [0.05, 0.1) is 5.69 Å². The molecule has 1 atom stereocenters. The van der Waals surface area contributed by atoms with E-state index in [4.69, 9.17) is 0 Å². The first-order chi connectivity index (χ1) is 9.09. The van der Waals surface area contributed by atoms with Gasteiger partial charge in [0.2, 0.25) is 0 Å². The second-order valence-corrected chi connectivity index (χ2v) is 6.07. The first kappa shape index (κ1) is 16.5. The third kappa shape index (κ3) is 3.29. The molecule has 2 N–H and O–H groups in total. The molecule has 1 rings (SSSR count). The number of carboxylic acids is 1. The number of carboxylic acid groups (broad SMARTS) is 1. The number of benzene rings is 1. The van der Waals surface area contributed by atoms with Crippen LogP contribution in [0.15, 0.2) is 12.1 Å². The zero-order valence-corrected chi connectivity index (χ0v) is 12.7. The second-order valence-electron chi connectivity index (χ2n) is 4.78. The van der Waals surface area contributed by atoms with Gasteiger partial charge in [-0.25, -0.2) is 9.10 Å². The van der Waals surface area contributed by atoms with Gasteiger partial charge in [0.15, 0.2) is 0 Å². The minimum atomic E-state index is -4.68. The molecule has 0 heterocycles. The van der Waals surface area contributed by atoms with Crippen LogP contribution in [0.5, 0.6) is 0 Å². The largest absolute Gasteiger partial charge is 0.480 e. The van der Waals surface area contributed by atoms with Crippen molar-refractivity contribution in [3.8, 4) is 0 Å². The van der Waals surface area contributed by atoms with Gasteiger partial charge in [-0.1, -0.05) is 24.6 Å². The van der Waals surface area contributed by atoms with Crippen LogP contribution in [-0.2, 0) is 15.1 Å². The molecule has 0 amide bonds. The normalized spacial score (nSPS) is 13.1. The topological polar surface area (TPSA) is 94.9 Å². The number of rotatable bonds is 5. The van der Waals surface area contributed by atoms with Crippen molar-refractivity contribution >= 4 is 22.0 Å². The van der Waals surface area contributed by atoms with E-state index in [1.165, 1.54) is 0 Å². The van der Waals surface area contributed by atoms with Gasteiger partial charge in [-0.3, -0.25) is 4.55 Å². The smallest absolute Gasteiger partial charge is 0.360 e. The molecule has 0 aliphatic rings. The maximum atomic E-state index is 11.6. The molecule has 0 aliphatic heterocycles. The lowest BCUT2D eigenvalue weighted by molar-refractivity contribution is -0.138. The third-order valence-corrected chi connectivity index (χ3v) is 3.99. The molecule has 1 aromatic carbocycles. The summed E-state index contributed by atoms with van der Waals surface area (Å²) >= 11 is 0. The Morgan fingerprint density at radius 1 is 1.25 bits per heavy atom. The molecule has 0 aliphatic carbocycles. The number of hydrogen-bond donors (Lipinski definition) is 2. The van der Waals surface area contributed by atoms with Crippen LogP contribution in [0, 0.1) is 20.8 Å². The third-order valence-electron chi connectivity index (χ3n) is 3.06. The molecule has 112 valence electrons. The van der Waals surface area contributed by atoms with Crippen molar-refractivity contribution in [1.29, 1.82) is 0 Å². The number of aryl methyl sites for hydroxylation is 3. The van der Waals surface area contributed by atoms with E-state index < -0.39 is 22.3 Å². The Balaban J connectivity index is 3.60. The van der Waals surface area contributed by atoms with E-state index >= 15 is 0 Å². The van der Waals surface area contributed by atoms with Crippen LogP contribution in [0.4, 0.5) is 5.69 Å². The Kier molecular flexibility index (Phi) is 4.77. The van der Waals surface area contributed by atoms with E-state index in [0.717, 1.165) is 5.56 Å². The minimum Gasteiger partial charge on any atom is -0.480 e. The zero-order valence-electron chi connectivity index (χ0n) is 11.9. The maximum absolute atomic E-state index is 11.6. The molecular formula is C13H19NO5S. The quantitative estimate of drug-likeness (QED) is 0.812. The molecule has 0 saturated carbocycles. The van der Waals surface area contributed by atoms with Crippen LogP contribution in [0.25, 0.3) is 0 Å². The van der Waals surface area contributed by atoms with Gasteiger partial charge < -0.3 is 5.11 Å². The molecule has 0 fully saturated rings. The van der Waals surface area contributed by atoms with Crippen molar-refractivity contribution in [3.05, 3.63) is 28.8 Å². The van der Waals surface area contributed by atoms with Gasteiger partial charge in [-0.15, -0.1) is 0 Å². The predicted molar refractivity (Wildman–Crippen MR) is 76.4 cm³/mol. The fraction of sp³-hybridized carbons (Fsp3) is 0.462. The average molecular weight is 301 g/mol. The number of hydrogen-bond acceptors (Lipinski definition) is 3. The van der Waals surface area contributed by atoms with Crippen molar-refractivity contribution in [2.24, 2.45) is 0 Å². The molecule has 1 unspecified atom stereocenters. The molecule has 7 heteroatoms. The Bertz CT molecular complexity index is 601. The molecule has 0 spiro atoms. The van der Waals surface area contributed by atoms with E-state index in [9.17, 15) is 22.9 Å². The lowest BCUT2D eigenvalue weighted by atomic mass is 10.0. The van der Waals surface area contributed by atoms with Crippen molar-refractivity contribution < 1.29 is 22.9 Å². The molecule has 0 saturated heterocycles. The maximum Gasteiger partial charge on any atom is 0.360 e. The lowest BCUT2D eigenvalue weighted by Crippen LogP contribution is -2.45. The van der Waals surface area contributed by atoms with Gasteiger partial charge in [-0.05, 0) is 38.3 Å². The predicted octanol–water partition coefficient (Wildman–Crippen LogP) is 2.08. The molecule has 0 bridgehead atoms. The number of carbonyl (C=O) groups is 1. The molecule has 0 aromatic heterocycles. The first-order valence-corrected chi connectivity index (χ1v) is 7.56. The summed E-state index contributed by atoms with van der Waals surface area (Å²) in [6.07, 6.45) is 0.0435. The SMILES string of the molecule is CCC(C(=O)O)N(c1c(C)cc(C)cc1C)S(=O)(=O)O. The Morgan fingerprint density at radius 2 is 1.70 bits per heavy atom. The van der Waals surface area contributed by atoms with Crippen LogP contribution in [0.1, 0.15) is 30.0 Å². The Hall–Kier alpha value is -1.60. The molecule has 0 radical (unpaired) electrons. The molecule has 1 aromatic rings. The van der Waals surface area contributed by atoms with Crippen LogP contribution < -0.4 is 4.31 Å². The van der Waals surface area contributed by atoms with Crippen molar-refractivity contribution in [2.45, 2.75) is 40.2 Å². The number of aliphatic carboxylic acids is 1. The summed E-state index contributed by atoms with van der Waals surface area (Å²) in [7, 11) is -4.68. The highest BCUT2D eigenvalue weighted by Crippen LogP contribution is 2.30. The number of anilines is 1. The first-order valence-electron chi connectivity index (χ1n) is 6.17. The summed E-state index contributed by atoms with van der Waals surface area (Å²) in [6.45, 7) is 6.77. The van der Waals surface area contributed by atoms with Crippen LogP contribution >= 0.6 is 0 Å². The lowest BCUT2D eigenvalue weighted by Gasteiger charge is -2.29. The highest BCUT2D eigenvalue weighted by molar-refractivity contribution is 7.87. The minimum absolute atomic E-state index is 0.0435. The fourth-order valence-electron chi connectivity index (χ4n) is 2.39. The standard InChI is InChI=1S/C13H19NO5S/c1-5-11(13(15)16)14(20(17,18)19)12-9(3)6-8(2)7-10(12)4/h6-7,11H,5H2,1-4H3,(H,15,16)(H,17,18,19). The van der Waals surface area contributed by atoms with Crippen molar-refractivity contribution in [2.75, 3.05) is 4.31 Å². The fourth-order valence-corrected chi connectivity index (χ4v) is 3.47. The van der Waals surface area contributed by atoms with Crippen LogP contribution in [0.3, 0.4) is 0 Å². The van der Waals surface area contributed by atoms with Gasteiger partial charge in [0, 0.05) is 0 Å². The summed E-state index contributed by atoms with van der Waals surface area (Å²) < 4.78 is 33.3. The summed E-state index contributed by atoms with van der Waals surface area (Å²) in [5.41, 5.74) is 2.34. The van der Waals surface area contributed by atoms with Gasteiger partial charge >= 0.3 is 16.3 Å². The summed E-state index contributed by atoms with van der Waals surface area (Å²) in [5, 5.41) is 9.19. The van der Waals surface area contributed by atoms with Gasteiger partial charge in [0.1, 0.15) is 6.04 Å². The second kappa shape index (κ2) is 5.80. The van der Waals surface area contributed by atoms with E-state index in [1.807, 2.05) is 6.92 Å². The summed E-state index contributed by atoms with van der Waals surface area (Å²) in [6, 6.07) is 2.15. The van der Waals surface area contributed by atoms with E-state index in [2.05, 4.69) is 0 Å². The highest BCUT2D eigenvalue weighted by atomic mass is 32.2.